The molecule has 32 heavy (non-hydrogen) atoms. The lowest BCUT2D eigenvalue weighted by Gasteiger charge is -2.33. The van der Waals surface area contributed by atoms with Gasteiger partial charge in [-0.2, -0.15) is 0 Å². The number of terminal acetylenes is 1. The molecule has 0 aliphatic rings. The maximum atomic E-state index is 12.8. The van der Waals surface area contributed by atoms with Gasteiger partial charge in [0.2, 0.25) is 5.91 Å². The van der Waals surface area contributed by atoms with Crippen molar-refractivity contribution < 1.29 is 14.7 Å². The van der Waals surface area contributed by atoms with E-state index in [4.69, 9.17) is 0 Å². The standard InChI is InChI=1S/C22H38N4O3S.C2H2/c1-16(2)11-12-26(21(29)25-22(3,4)5)15-19(27)18(24-20(28)14-23-30)13-17-9-7-6-8-10-17;1-2/h6-10,16,18-19,23,27,30H,11-15H2,1-5H3,(H,24,28)(H,25,29);1-2H/t18-,19+;/m0./s1. The van der Waals surface area contributed by atoms with Gasteiger partial charge in [-0.3, -0.25) is 9.52 Å². The van der Waals surface area contributed by atoms with E-state index in [9.17, 15) is 14.7 Å². The summed E-state index contributed by atoms with van der Waals surface area (Å²) in [6, 6.07) is 8.90. The Balaban J connectivity index is 0.00000466. The van der Waals surface area contributed by atoms with Gasteiger partial charge in [0.15, 0.2) is 0 Å². The van der Waals surface area contributed by atoms with Crippen LogP contribution in [0.25, 0.3) is 0 Å². The molecule has 0 radical (unpaired) electrons. The van der Waals surface area contributed by atoms with Crippen LogP contribution in [0.1, 0.15) is 46.6 Å². The van der Waals surface area contributed by atoms with Gasteiger partial charge in [0.25, 0.3) is 0 Å². The summed E-state index contributed by atoms with van der Waals surface area (Å²) in [5.74, 6) is 0.159. The molecule has 180 valence electrons. The molecule has 0 aromatic heterocycles. The van der Waals surface area contributed by atoms with Gasteiger partial charge in [0.1, 0.15) is 0 Å². The lowest BCUT2D eigenvalue weighted by Crippen LogP contribution is -2.55. The van der Waals surface area contributed by atoms with Gasteiger partial charge in [-0.1, -0.05) is 57.0 Å². The third-order valence-electron chi connectivity index (χ3n) is 4.50. The summed E-state index contributed by atoms with van der Waals surface area (Å²) >= 11 is 3.87. The molecule has 0 saturated carbocycles. The Hall–Kier alpha value is -2.21. The molecule has 0 saturated heterocycles. The zero-order chi connectivity index (χ0) is 24.7. The fraction of sp³-hybridized carbons (Fsp3) is 0.583. The van der Waals surface area contributed by atoms with Crippen molar-refractivity contribution in [2.75, 3.05) is 19.6 Å². The molecule has 0 aliphatic heterocycles. The maximum absolute atomic E-state index is 12.8. The predicted molar refractivity (Wildman–Crippen MR) is 134 cm³/mol. The number of carbonyl (C=O) groups excluding carboxylic acids is 2. The second-order valence-corrected chi connectivity index (χ2v) is 9.39. The van der Waals surface area contributed by atoms with E-state index in [2.05, 4.69) is 54.9 Å². The molecule has 8 heteroatoms. The van der Waals surface area contributed by atoms with E-state index in [-0.39, 0.29) is 30.6 Å². The second kappa shape index (κ2) is 15.6. The van der Waals surface area contributed by atoms with Crippen LogP contribution in [0.4, 0.5) is 4.79 Å². The minimum Gasteiger partial charge on any atom is -0.389 e. The van der Waals surface area contributed by atoms with Crippen LogP contribution in [-0.2, 0) is 11.2 Å². The quantitative estimate of drug-likeness (QED) is 0.257. The Kier molecular flexibility index (Phi) is 14.5. The SMILES string of the molecule is C#C.CC(C)CCN(C[C@@H](O)[C@H](Cc1ccccc1)NC(=O)CNS)C(=O)NC(C)(C)C. The lowest BCUT2D eigenvalue weighted by molar-refractivity contribution is -0.121. The average Bonchev–Trinajstić information content (AvgIpc) is 2.71. The van der Waals surface area contributed by atoms with Crippen LogP contribution in [0.2, 0.25) is 0 Å². The van der Waals surface area contributed by atoms with Crippen LogP contribution in [0.3, 0.4) is 0 Å². The largest absolute Gasteiger partial charge is 0.389 e. The van der Waals surface area contributed by atoms with Gasteiger partial charge in [-0.25, -0.2) is 4.79 Å². The van der Waals surface area contributed by atoms with Crippen molar-refractivity contribution in [2.24, 2.45) is 5.92 Å². The molecule has 0 heterocycles. The van der Waals surface area contributed by atoms with Crippen LogP contribution in [-0.4, -0.2) is 59.3 Å². The second-order valence-electron chi connectivity index (χ2n) is 9.07. The number of benzene rings is 1. The summed E-state index contributed by atoms with van der Waals surface area (Å²) in [4.78, 5) is 26.6. The van der Waals surface area contributed by atoms with Gasteiger partial charge in [-0.05, 0) is 45.1 Å². The van der Waals surface area contributed by atoms with Crippen molar-refractivity contribution in [1.82, 2.24) is 20.3 Å². The Morgan fingerprint density at radius 1 is 1.16 bits per heavy atom. The normalized spacial score (nSPS) is 12.8. The van der Waals surface area contributed by atoms with Crippen molar-refractivity contribution in [2.45, 2.75) is 65.1 Å². The van der Waals surface area contributed by atoms with E-state index < -0.39 is 12.1 Å². The van der Waals surface area contributed by atoms with Gasteiger partial charge in [-0.15, -0.1) is 12.8 Å². The van der Waals surface area contributed by atoms with E-state index in [0.29, 0.717) is 18.9 Å². The Bertz CT molecular complexity index is 689. The van der Waals surface area contributed by atoms with Crippen molar-refractivity contribution >= 4 is 24.8 Å². The molecule has 3 amide bonds. The molecule has 7 nitrogen and oxygen atoms in total. The number of rotatable bonds is 11. The zero-order valence-electron chi connectivity index (χ0n) is 20.0. The fourth-order valence-electron chi connectivity index (χ4n) is 2.92. The van der Waals surface area contributed by atoms with Gasteiger partial charge in [0, 0.05) is 12.1 Å². The molecule has 1 aromatic carbocycles. The predicted octanol–water partition coefficient (Wildman–Crippen LogP) is 2.61. The van der Waals surface area contributed by atoms with E-state index >= 15 is 0 Å². The summed E-state index contributed by atoms with van der Waals surface area (Å²) in [6.07, 6.45) is 8.36. The fourth-order valence-corrected chi connectivity index (χ4v) is 3.07. The first-order valence-electron chi connectivity index (χ1n) is 10.8. The zero-order valence-corrected chi connectivity index (χ0v) is 20.9. The summed E-state index contributed by atoms with van der Waals surface area (Å²) < 4.78 is 2.52. The molecular weight excluding hydrogens is 424 g/mol. The van der Waals surface area contributed by atoms with E-state index in [1.165, 1.54) is 0 Å². The van der Waals surface area contributed by atoms with Crippen LogP contribution < -0.4 is 15.4 Å². The van der Waals surface area contributed by atoms with Crippen molar-refractivity contribution in [1.29, 1.82) is 0 Å². The number of hydrogen-bond donors (Lipinski definition) is 5. The maximum Gasteiger partial charge on any atom is 0.317 e. The first-order chi connectivity index (χ1) is 15.0. The van der Waals surface area contributed by atoms with Crippen molar-refractivity contribution in [3.8, 4) is 12.8 Å². The molecule has 4 N–H and O–H groups in total. The van der Waals surface area contributed by atoms with Gasteiger partial charge in [0.05, 0.1) is 25.2 Å². The number of aliphatic hydroxyl groups is 1. The lowest BCUT2D eigenvalue weighted by atomic mass is 10.00. The van der Waals surface area contributed by atoms with E-state index in [1.807, 2.05) is 51.1 Å². The van der Waals surface area contributed by atoms with Crippen LogP contribution in [0.5, 0.6) is 0 Å². The van der Waals surface area contributed by atoms with Crippen LogP contribution in [0, 0.1) is 18.8 Å². The first-order valence-corrected chi connectivity index (χ1v) is 11.2. The minimum absolute atomic E-state index is 0.0305. The third kappa shape index (κ3) is 13.3. The highest BCUT2D eigenvalue weighted by Crippen LogP contribution is 2.11. The number of nitrogens with one attached hydrogen (secondary N) is 3. The highest BCUT2D eigenvalue weighted by atomic mass is 32.1. The molecule has 2 atom stereocenters. The average molecular weight is 465 g/mol. The highest BCUT2D eigenvalue weighted by molar-refractivity contribution is 7.78. The summed E-state index contributed by atoms with van der Waals surface area (Å²) in [5.41, 5.74) is 0.613. The van der Waals surface area contributed by atoms with Crippen molar-refractivity contribution in [3.63, 3.8) is 0 Å². The first kappa shape index (κ1) is 29.8. The topological polar surface area (TPSA) is 93.7 Å². The van der Waals surface area contributed by atoms with E-state index in [0.717, 1.165) is 12.0 Å². The molecular formula is C24H40N4O3S. The van der Waals surface area contributed by atoms with Gasteiger partial charge >= 0.3 is 6.03 Å². The van der Waals surface area contributed by atoms with E-state index in [1.54, 1.807) is 4.90 Å². The Morgan fingerprint density at radius 3 is 2.25 bits per heavy atom. The van der Waals surface area contributed by atoms with Gasteiger partial charge < -0.3 is 20.6 Å². The molecule has 0 aliphatic carbocycles. The number of urea groups is 1. The third-order valence-corrected chi connectivity index (χ3v) is 4.66. The van der Waals surface area contributed by atoms with Crippen LogP contribution in [0.15, 0.2) is 30.3 Å². The number of aliphatic hydroxyl groups excluding tert-OH is 1. The molecule has 0 fully saturated rings. The number of amides is 3. The molecule has 1 rings (SSSR count). The Morgan fingerprint density at radius 2 is 1.75 bits per heavy atom. The Labute approximate surface area is 199 Å². The molecule has 0 unspecified atom stereocenters. The summed E-state index contributed by atoms with van der Waals surface area (Å²) in [6.45, 7) is 10.6. The summed E-state index contributed by atoms with van der Waals surface area (Å²) in [7, 11) is 0. The summed E-state index contributed by atoms with van der Waals surface area (Å²) in [5, 5.41) is 16.8. The smallest absolute Gasteiger partial charge is 0.317 e. The number of hydrogen-bond acceptors (Lipinski definition) is 5. The van der Waals surface area contributed by atoms with Crippen LogP contribution >= 0.6 is 12.8 Å². The van der Waals surface area contributed by atoms with Crippen molar-refractivity contribution in [3.05, 3.63) is 35.9 Å². The minimum atomic E-state index is -0.924. The number of carbonyl (C=O) groups is 2. The number of thiol groups is 1. The number of nitrogens with zero attached hydrogens (tertiary/aromatic N) is 1. The highest BCUT2D eigenvalue weighted by Gasteiger charge is 2.27. The molecule has 0 bridgehead atoms. The monoisotopic (exact) mass is 464 g/mol. The molecule has 1 aromatic rings. The molecule has 0 spiro atoms.